The molecule has 0 aliphatic carbocycles. The zero-order valence-electron chi connectivity index (χ0n) is 15.3. The molecule has 1 N–H and O–H groups in total. The molecule has 0 unspecified atom stereocenters. The Morgan fingerprint density at radius 3 is 2.75 bits per heavy atom. The van der Waals surface area contributed by atoms with E-state index in [9.17, 15) is 4.79 Å². The molecule has 0 bridgehead atoms. The summed E-state index contributed by atoms with van der Waals surface area (Å²) in [5.41, 5.74) is 1.63. The van der Waals surface area contributed by atoms with Crippen LogP contribution >= 0.6 is 15.9 Å². The molecule has 0 spiro atoms. The topological polar surface area (TPSA) is 86.5 Å². The van der Waals surface area contributed by atoms with Crippen LogP contribution in [-0.2, 0) is 11.3 Å². The van der Waals surface area contributed by atoms with Crippen molar-refractivity contribution >= 4 is 27.9 Å². The number of carbonyl (C=O) groups excluding carboxylic acids is 1. The third-order valence-electron chi connectivity index (χ3n) is 3.80. The van der Waals surface area contributed by atoms with Crippen molar-refractivity contribution < 1.29 is 18.8 Å². The number of rotatable bonds is 7. The molecule has 7 nitrogen and oxygen atoms in total. The fourth-order valence-electron chi connectivity index (χ4n) is 2.42. The van der Waals surface area contributed by atoms with Crippen LogP contribution in [0.5, 0.6) is 11.5 Å². The van der Waals surface area contributed by atoms with E-state index in [4.69, 9.17) is 14.0 Å². The number of nitrogens with zero attached hydrogens (tertiary/aromatic N) is 2. The van der Waals surface area contributed by atoms with E-state index in [0.717, 1.165) is 15.6 Å². The molecule has 1 heterocycles. The molecule has 2 aromatic carbocycles. The molecule has 0 aliphatic heterocycles. The van der Waals surface area contributed by atoms with Crippen LogP contribution < -0.4 is 14.8 Å². The van der Waals surface area contributed by atoms with Crippen molar-refractivity contribution in [3.8, 4) is 22.9 Å². The van der Waals surface area contributed by atoms with Gasteiger partial charge in [0.05, 0.1) is 20.8 Å². The minimum Gasteiger partial charge on any atom is -0.493 e. The molecule has 1 amide bonds. The predicted octanol–water partition coefficient (Wildman–Crippen LogP) is 3.85. The number of aromatic nitrogens is 2. The lowest BCUT2D eigenvalue weighted by Crippen LogP contribution is -2.20. The summed E-state index contributed by atoms with van der Waals surface area (Å²) in [5, 5.41) is 6.64. The van der Waals surface area contributed by atoms with Gasteiger partial charge in [-0.05, 0) is 35.9 Å². The van der Waals surface area contributed by atoms with Crippen molar-refractivity contribution in [2.24, 2.45) is 0 Å². The van der Waals surface area contributed by atoms with Crippen molar-refractivity contribution in [2.45, 2.75) is 6.54 Å². The van der Waals surface area contributed by atoms with E-state index in [1.54, 1.807) is 32.4 Å². The second kappa shape index (κ2) is 9.18. The Morgan fingerprint density at radius 2 is 2.00 bits per heavy atom. The monoisotopic (exact) mass is 443 g/mol. The molecular weight excluding hydrogens is 426 g/mol. The maximum atomic E-state index is 12.0. The Labute approximate surface area is 170 Å². The minimum atomic E-state index is -0.281. The molecule has 0 atom stereocenters. The van der Waals surface area contributed by atoms with Gasteiger partial charge >= 0.3 is 0 Å². The Hall–Kier alpha value is -3.13. The van der Waals surface area contributed by atoms with Gasteiger partial charge in [-0.1, -0.05) is 39.3 Å². The summed E-state index contributed by atoms with van der Waals surface area (Å²) in [5.74, 6) is 1.73. The van der Waals surface area contributed by atoms with Crippen LogP contribution in [0, 0.1) is 0 Å². The predicted molar refractivity (Wildman–Crippen MR) is 108 cm³/mol. The van der Waals surface area contributed by atoms with E-state index in [2.05, 4.69) is 31.4 Å². The van der Waals surface area contributed by atoms with E-state index in [1.165, 1.54) is 6.08 Å². The Bertz CT molecular complexity index is 1000. The highest BCUT2D eigenvalue weighted by molar-refractivity contribution is 9.10. The Kier molecular flexibility index (Phi) is 6.44. The first-order valence-corrected chi connectivity index (χ1v) is 9.15. The molecule has 3 rings (SSSR count). The van der Waals surface area contributed by atoms with Gasteiger partial charge in [-0.2, -0.15) is 4.98 Å². The van der Waals surface area contributed by atoms with Crippen molar-refractivity contribution in [3.63, 3.8) is 0 Å². The standard InChI is InChI=1S/C20H18BrN3O4/c1-26-16-8-6-13(10-17(16)27-2)7-9-18(25)22-12-19-23-20(24-28-19)14-4-3-5-15(21)11-14/h3-11H,12H2,1-2H3,(H,22,25). The van der Waals surface area contributed by atoms with Gasteiger partial charge in [0.2, 0.25) is 17.6 Å². The van der Waals surface area contributed by atoms with Gasteiger partial charge in [0, 0.05) is 16.1 Å². The molecule has 0 saturated carbocycles. The van der Waals surface area contributed by atoms with Crippen LogP contribution in [0.4, 0.5) is 0 Å². The number of hydrogen-bond acceptors (Lipinski definition) is 6. The van der Waals surface area contributed by atoms with Crippen LogP contribution in [0.15, 0.2) is 57.5 Å². The number of halogens is 1. The summed E-state index contributed by atoms with van der Waals surface area (Å²) in [6.07, 6.45) is 3.10. The number of nitrogens with one attached hydrogen (secondary N) is 1. The smallest absolute Gasteiger partial charge is 0.246 e. The number of ether oxygens (including phenoxy) is 2. The van der Waals surface area contributed by atoms with Gasteiger partial charge in [0.1, 0.15) is 0 Å². The van der Waals surface area contributed by atoms with Gasteiger partial charge in [-0.3, -0.25) is 4.79 Å². The van der Waals surface area contributed by atoms with E-state index >= 15 is 0 Å². The van der Waals surface area contributed by atoms with E-state index < -0.39 is 0 Å². The molecule has 28 heavy (non-hydrogen) atoms. The summed E-state index contributed by atoms with van der Waals surface area (Å²) in [6.45, 7) is 0.135. The molecule has 0 aliphatic rings. The van der Waals surface area contributed by atoms with Gasteiger partial charge in [0.15, 0.2) is 11.5 Å². The van der Waals surface area contributed by atoms with E-state index in [0.29, 0.717) is 23.2 Å². The Morgan fingerprint density at radius 1 is 1.18 bits per heavy atom. The molecule has 3 aromatic rings. The second-order valence-electron chi connectivity index (χ2n) is 5.69. The number of amides is 1. The third kappa shape index (κ3) is 4.98. The van der Waals surface area contributed by atoms with Crippen LogP contribution in [0.1, 0.15) is 11.5 Å². The fraction of sp³-hybridized carbons (Fsp3) is 0.150. The molecule has 1 aromatic heterocycles. The highest BCUT2D eigenvalue weighted by Crippen LogP contribution is 2.28. The molecule has 0 radical (unpaired) electrons. The van der Waals surface area contributed by atoms with Gasteiger partial charge in [-0.15, -0.1) is 0 Å². The van der Waals surface area contributed by atoms with Crippen LogP contribution in [0.25, 0.3) is 17.5 Å². The molecule has 144 valence electrons. The lowest BCUT2D eigenvalue weighted by molar-refractivity contribution is -0.116. The second-order valence-corrected chi connectivity index (χ2v) is 6.60. The molecule has 8 heteroatoms. The lowest BCUT2D eigenvalue weighted by Gasteiger charge is -2.07. The maximum absolute atomic E-state index is 12.0. The normalized spacial score (nSPS) is 10.8. The maximum Gasteiger partial charge on any atom is 0.246 e. The molecule has 0 fully saturated rings. The van der Waals surface area contributed by atoms with Crippen molar-refractivity contribution in [3.05, 3.63) is 64.5 Å². The highest BCUT2D eigenvalue weighted by atomic mass is 79.9. The number of hydrogen-bond donors (Lipinski definition) is 1. The van der Waals surface area contributed by atoms with Crippen molar-refractivity contribution in [1.82, 2.24) is 15.5 Å². The first kappa shape index (κ1) is 19.6. The summed E-state index contributed by atoms with van der Waals surface area (Å²) in [7, 11) is 3.13. The van der Waals surface area contributed by atoms with Crippen LogP contribution in [0.3, 0.4) is 0 Å². The van der Waals surface area contributed by atoms with Gasteiger partial charge < -0.3 is 19.3 Å². The van der Waals surface area contributed by atoms with E-state index in [1.807, 2.05) is 30.3 Å². The van der Waals surface area contributed by atoms with Crippen molar-refractivity contribution in [1.29, 1.82) is 0 Å². The zero-order valence-corrected chi connectivity index (χ0v) is 16.9. The number of carbonyl (C=O) groups is 1. The van der Waals surface area contributed by atoms with Crippen LogP contribution in [-0.4, -0.2) is 30.3 Å². The Balaban J connectivity index is 1.58. The zero-order chi connectivity index (χ0) is 19.9. The summed E-state index contributed by atoms with van der Waals surface area (Å²) in [6, 6.07) is 12.9. The van der Waals surface area contributed by atoms with Crippen LogP contribution in [0.2, 0.25) is 0 Å². The number of benzene rings is 2. The SMILES string of the molecule is COc1ccc(C=CC(=O)NCc2nc(-c3cccc(Br)c3)no2)cc1OC. The summed E-state index contributed by atoms with van der Waals surface area (Å²) in [4.78, 5) is 16.3. The largest absolute Gasteiger partial charge is 0.493 e. The number of methoxy groups -OCH3 is 2. The van der Waals surface area contributed by atoms with E-state index in [-0.39, 0.29) is 12.5 Å². The third-order valence-corrected chi connectivity index (χ3v) is 4.29. The van der Waals surface area contributed by atoms with Crippen molar-refractivity contribution in [2.75, 3.05) is 14.2 Å². The first-order valence-electron chi connectivity index (χ1n) is 8.35. The average molecular weight is 444 g/mol. The highest BCUT2D eigenvalue weighted by Gasteiger charge is 2.09. The lowest BCUT2D eigenvalue weighted by atomic mass is 10.2. The first-order chi connectivity index (χ1) is 13.6. The summed E-state index contributed by atoms with van der Waals surface area (Å²) >= 11 is 3.40. The molecule has 0 saturated heterocycles. The quantitative estimate of drug-likeness (QED) is 0.558. The van der Waals surface area contributed by atoms with Gasteiger partial charge in [-0.25, -0.2) is 0 Å². The fourth-order valence-corrected chi connectivity index (χ4v) is 2.82. The minimum absolute atomic E-state index is 0.135. The molecular formula is C20H18BrN3O4. The summed E-state index contributed by atoms with van der Waals surface area (Å²) < 4.78 is 16.5. The van der Waals surface area contributed by atoms with Gasteiger partial charge in [0.25, 0.3) is 0 Å². The average Bonchev–Trinajstić information content (AvgIpc) is 3.19.